The van der Waals surface area contributed by atoms with Crippen LogP contribution in [0.1, 0.15) is 75.8 Å². The van der Waals surface area contributed by atoms with Crippen LogP contribution in [0.3, 0.4) is 0 Å². The summed E-state index contributed by atoms with van der Waals surface area (Å²) in [5.74, 6) is 0.882. The number of fused-ring (bicyclic) bond motifs is 1. The van der Waals surface area contributed by atoms with Crippen LogP contribution >= 0.6 is 0 Å². The van der Waals surface area contributed by atoms with Crippen LogP contribution in [-0.4, -0.2) is 22.9 Å². The highest BCUT2D eigenvalue weighted by Gasteiger charge is 2.28. The summed E-state index contributed by atoms with van der Waals surface area (Å²) in [6.45, 7) is 15.2. The molecule has 0 saturated carbocycles. The molecule has 158 valence electrons. The second-order valence-electron chi connectivity index (χ2n) is 10.2. The molecule has 1 aliphatic carbocycles. The van der Waals surface area contributed by atoms with Crippen molar-refractivity contribution in [1.29, 1.82) is 0 Å². The zero-order valence-corrected chi connectivity index (χ0v) is 19.1. The molecule has 0 saturated heterocycles. The zero-order valence-electron chi connectivity index (χ0n) is 19.1. The van der Waals surface area contributed by atoms with E-state index in [1.165, 1.54) is 33.4 Å². The Morgan fingerprint density at radius 3 is 2.31 bits per heavy atom. The summed E-state index contributed by atoms with van der Waals surface area (Å²) < 4.78 is 5.93. The van der Waals surface area contributed by atoms with Gasteiger partial charge in [0.25, 0.3) is 0 Å². The van der Waals surface area contributed by atoms with Crippen molar-refractivity contribution in [3.05, 3.63) is 52.6 Å². The zero-order chi connectivity index (χ0) is 21.4. The van der Waals surface area contributed by atoms with Crippen molar-refractivity contribution in [3.63, 3.8) is 0 Å². The molecule has 0 aromatic heterocycles. The Morgan fingerprint density at radius 1 is 1.07 bits per heavy atom. The highest BCUT2D eigenvalue weighted by Crippen LogP contribution is 2.41. The number of hydrogen-bond acceptors (Lipinski definition) is 3. The number of ether oxygens (including phenoxy) is 1. The van der Waals surface area contributed by atoms with Crippen molar-refractivity contribution in [2.24, 2.45) is 0 Å². The van der Waals surface area contributed by atoms with Gasteiger partial charge in [0.2, 0.25) is 0 Å². The first kappa shape index (κ1) is 21.9. The minimum absolute atomic E-state index is 0.107. The molecular formula is C26H37NO2. The summed E-state index contributed by atoms with van der Waals surface area (Å²) in [5, 5.41) is 13.7. The van der Waals surface area contributed by atoms with Crippen LogP contribution in [0.4, 0.5) is 0 Å². The lowest BCUT2D eigenvalue weighted by atomic mass is 9.90. The van der Waals surface area contributed by atoms with Crippen molar-refractivity contribution in [2.75, 3.05) is 6.61 Å². The van der Waals surface area contributed by atoms with E-state index >= 15 is 0 Å². The van der Waals surface area contributed by atoms with Crippen LogP contribution < -0.4 is 10.1 Å². The van der Waals surface area contributed by atoms with Gasteiger partial charge in [0, 0.05) is 18.0 Å². The van der Waals surface area contributed by atoms with E-state index in [-0.39, 0.29) is 5.54 Å². The minimum Gasteiger partial charge on any atom is -0.493 e. The SMILES string of the molecule is Cc1cc(OCCC(C)(C)O)cc(C)c1-c1cccc2c1CC[C@H]2NC(C)(C)C. The van der Waals surface area contributed by atoms with E-state index in [2.05, 4.69) is 70.3 Å². The Hall–Kier alpha value is -1.84. The van der Waals surface area contributed by atoms with E-state index in [0.717, 1.165) is 18.6 Å². The summed E-state index contributed by atoms with van der Waals surface area (Å²) in [6, 6.07) is 11.4. The Kier molecular flexibility index (Phi) is 6.12. The van der Waals surface area contributed by atoms with Gasteiger partial charge in [0.05, 0.1) is 12.2 Å². The molecule has 0 fully saturated rings. The van der Waals surface area contributed by atoms with Crippen molar-refractivity contribution < 1.29 is 9.84 Å². The molecule has 0 heterocycles. The summed E-state index contributed by atoms with van der Waals surface area (Å²) in [6.07, 6.45) is 2.88. The molecule has 0 radical (unpaired) electrons. The van der Waals surface area contributed by atoms with E-state index in [9.17, 15) is 5.11 Å². The average molecular weight is 396 g/mol. The molecule has 29 heavy (non-hydrogen) atoms. The molecular weight excluding hydrogens is 358 g/mol. The van der Waals surface area contributed by atoms with E-state index in [1.54, 1.807) is 0 Å². The highest BCUT2D eigenvalue weighted by atomic mass is 16.5. The van der Waals surface area contributed by atoms with Gasteiger partial charge in [-0.15, -0.1) is 0 Å². The number of nitrogens with one attached hydrogen (secondary N) is 1. The van der Waals surface area contributed by atoms with E-state index in [1.807, 2.05) is 13.8 Å². The number of rotatable bonds is 6. The molecule has 0 amide bonds. The first-order chi connectivity index (χ1) is 13.4. The summed E-state index contributed by atoms with van der Waals surface area (Å²) in [5.41, 5.74) is 7.50. The second-order valence-corrected chi connectivity index (χ2v) is 10.2. The van der Waals surface area contributed by atoms with Crippen molar-refractivity contribution in [3.8, 4) is 16.9 Å². The van der Waals surface area contributed by atoms with Gasteiger partial charge in [-0.25, -0.2) is 0 Å². The fraction of sp³-hybridized carbons (Fsp3) is 0.538. The van der Waals surface area contributed by atoms with Crippen molar-refractivity contribution in [1.82, 2.24) is 5.32 Å². The number of aliphatic hydroxyl groups is 1. The van der Waals surface area contributed by atoms with Gasteiger partial charge in [-0.05, 0) is 107 Å². The first-order valence-corrected chi connectivity index (χ1v) is 10.8. The fourth-order valence-corrected chi connectivity index (χ4v) is 4.41. The monoisotopic (exact) mass is 395 g/mol. The van der Waals surface area contributed by atoms with Crippen molar-refractivity contribution >= 4 is 0 Å². The Bertz CT molecular complexity index is 848. The second kappa shape index (κ2) is 8.12. The maximum absolute atomic E-state index is 9.89. The largest absolute Gasteiger partial charge is 0.493 e. The quantitative estimate of drug-likeness (QED) is 0.641. The van der Waals surface area contributed by atoms with Gasteiger partial charge in [0.15, 0.2) is 0 Å². The van der Waals surface area contributed by atoms with Crippen LogP contribution in [0.2, 0.25) is 0 Å². The van der Waals surface area contributed by atoms with Gasteiger partial charge in [-0.1, -0.05) is 18.2 Å². The van der Waals surface area contributed by atoms with Gasteiger partial charge in [-0.2, -0.15) is 0 Å². The standard InChI is InChI=1S/C26H37NO2/c1-17-15-19(29-14-13-26(6,7)28)16-18(2)24(17)22-10-8-9-21-20(22)11-12-23(21)27-25(3,4)5/h8-10,15-16,23,27-28H,11-14H2,1-7H3/t23-/m1/s1. The molecule has 3 nitrogen and oxygen atoms in total. The molecule has 2 aromatic carbocycles. The maximum Gasteiger partial charge on any atom is 0.119 e. The molecule has 0 unspecified atom stereocenters. The molecule has 0 spiro atoms. The molecule has 3 rings (SSSR count). The third-order valence-corrected chi connectivity index (χ3v) is 5.64. The van der Waals surface area contributed by atoms with Crippen LogP contribution in [0.5, 0.6) is 5.75 Å². The van der Waals surface area contributed by atoms with Crippen LogP contribution in [0, 0.1) is 13.8 Å². The lowest BCUT2D eigenvalue weighted by Crippen LogP contribution is -2.38. The topological polar surface area (TPSA) is 41.5 Å². The summed E-state index contributed by atoms with van der Waals surface area (Å²) in [7, 11) is 0. The highest BCUT2D eigenvalue weighted by molar-refractivity contribution is 5.76. The Morgan fingerprint density at radius 2 is 1.72 bits per heavy atom. The number of hydrogen-bond donors (Lipinski definition) is 2. The van der Waals surface area contributed by atoms with Crippen LogP contribution in [0.25, 0.3) is 11.1 Å². The van der Waals surface area contributed by atoms with E-state index in [0.29, 0.717) is 19.1 Å². The lowest BCUT2D eigenvalue weighted by molar-refractivity contribution is 0.0553. The van der Waals surface area contributed by atoms with Gasteiger partial charge >= 0.3 is 0 Å². The maximum atomic E-state index is 9.89. The summed E-state index contributed by atoms with van der Waals surface area (Å²) >= 11 is 0. The Labute approximate surface area is 176 Å². The molecule has 1 aliphatic rings. The van der Waals surface area contributed by atoms with Gasteiger partial charge in [0.1, 0.15) is 5.75 Å². The van der Waals surface area contributed by atoms with Gasteiger partial charge < -0.3 is 15.2 Å². The first-order valence-electron chi connectivity index (χ1n) is 10.8. The third kappa shape index (κ3) is 5.40. The van der Waals surface area contributed by atoms with E-state index < -0.39 is 5.60 Å². The van der Waals surface area contributed by atoms with Crippen LogP contribution in [-0.2, 0) is 6.42 Å². The smallest absolute Gasteiger partial charge is 0.119 e. The van der Waals surface area contributed by atoms with Crippen LogP contribution in [0.15, 0.2) is 30.3 Å². The number of aryl methyl sites for hydroxylation is 2. The molecule has 0 aliphatic heterocycles. The lowest BCUT2D eigenvalue weighted by Gasteiger charge is -2.26. The molecule has 3 heteroatoms. The minimum atomic E-state index is -0.702. The predicted molar refractivity (Wildman–Crippen MR) is 122 cm³/mol. The predicted octanol–water partition coefficient (Wildman–Crippen LogP) is 5.89. The fourth-order valence-electron chi connectivity index (χ4n) is 4.41. The third-order valence-electron chi connectivity index (χ3n) is 5.64. The van der Waals surface area contributed by atoms with E-state index in [4.69, 9.17) is 4.74 Å². The van der Waals surface area contributed by atoms with Gasteiger partial charge in [-0.3, -0.25) is 0 Å². The molecule has 2 aromatic rings. The molecule has 1 atom stereocenters. The summed E-state index contributed by atoms with van der Waals surface area (Å²) in [4.78, 5) is 0. The molecule has 0 bridgehead atoms. The normalized spacial score (nSPS) is 16.8. The van der Waals surface area contributed by atoms with Crippen molar-refractivity contribution in [2.45, 2.75) is 84.9 Å². The Balaban J connectivity index is 1.88. The average Bonchev–Trinajstić information content (AvgIpc) is 2.95. The number of benzene rings is 2. The molecule has 2 N–H and O–H groups in total.